The zero-order valence-electron chi connectivity index (χ0n) is 17.2. The molecule has 0 aliphatic rings. The molecular weight excluding hydrogens is 451 g/mol. The number of amides is 1. The van der Waals surface area contributed by atoms with Crippen LogP contribution in [0.1, 0.15) is 33.0 Å². The predicted octanol–water partition coefficient (Wildman–Crippen LogP) is 6.94. The maximum Gasteiger partial charge on any atom is 0.259 e. The molecule has 3 rings (SSSR count). The van der Waals surface area contributed by atoms with E-state index in [1.165, 1.54) is 7.11 Å². The number of ether oxygens (including phenoxy) is 1. The number of aryl methyl sites for hydroxylation is 1. The Balaban J connectivity index is 1.91. The summed E-state index contributed by atoms with van der Waals surface area (Å²) in [6.45, 7) is 1.86. The van der Waals surface area contributed by atoms with Crippen LogP contribution in [0.5, 0.6) is 5.75 Å². The molecule has 1 N–H and O–H groups in total. The molecule has 0 radical (unpaired) electrons. The molecule has 4 nitrogen and oxygen atoms in total. The molecule has 3 aromatic carbocycles. The first kappa shape index (κ1) is 23.0. The minimum Gasteiger partial charge on any atom is -0.496 e. The van der Waals surface area contributed by atoms with Crippen molar-refractivity contribution in [3.8, 4) is 11.8 Å². The number of rotatable bonds is 6. The van der Waals surface area contributed by atoms with Crippen molar-refractivity contribution in [1.29, 1.82) is 5.26 Å². The zero-order valence-corrected chi connectivity index (χ0v) is 19.5. The number of benzene rings is 3. The Morgan fingerprint density at radius 2 is 1.84 bits per heavy atom. The summed E-state index contributed by atoms with van der Waals surface area (Å²) in [6, 6.07) is 18.3. The number of carbonyl (C=O) groups is 1. The second-order valence-corrected chi connectivity index (χ2v) is 8.55. The van der Waals surface area contributed by atoms with E-state index >= 15 is 0 Å². The Kier molecular flexibility index (Phi) is 7.50. The minimum absolute atomic E-state index is 0.300. The van der Waals surface area contributed by atoms with Gasteiger partial charge in [0.05, 0.1) is 24.7 Å². The van der Waals surface area contributed by atoms with Crippen molar-refractivity contribution >= 4 is 46.6 Å². The van der Waals surface area contributed by atoms with E-state index < -0.39 is 5.92 Å². The standard InChI is InChI=1S/C24H20Cl2N2O2S/c1-14-10-19(20(13-27)15-4-6-16(25)7-5-15)21(26)12-22(14)28-24(29)18-9-8-17(31-3)11-23(18)30-2/h4-12,20H,1-3H3,(H,28,29). The lowest BCUT2D eigenvalue weighted by atomic mass is 9.91. The van der Waals surface area contributed by atoms with Gasteiger partial charge in [-0.15, -0.1) is 11.8 Å². The van der Waals surface area contributed by atoms with Gasteiger partial charge in [-0.05, 0) is 66.3 Å². The number of halogens is 2. The van der Waals surface area contributed by atoms with Crippen molar-refractivity contribution in [1.82, 2.24) is 0 Å². The average molecular weight is 471 g/mol. The molecule has 0 aliphatic carbocycles. The summed E-state index contributed by atoms with van der Waals surface area (Å²) in [5.41, 5.74) is 3.26. The number of hydrogen-bond acceptors (Lipinski definition) is 4. The van der Waals surface area contributed by atoms with Gasteiger partial charge in [-0.1, -0.05) is 41.4 Å². The summed E-state index contributed by atoms with van der Waals surface area (Å²) in [7, 11) is 1.53. The minimum atomic E-state index is -0.549. The van der Waals surface area contributed by atoms with Crippen molar-refractivity contribution in [2.75, 3.05) is 18.7 Å². The number of thioether (sulfide) groups is 1. The number of carbonyl (C=O) groups excluding carboxylic acids is 1. The molecule has 0 saturated carbocycles. The summed E-state index contributed by atoms with van der Waals surface area (Å²) in [4.78, 5) is 13.9. The third-order valence-electron chi connectivity index (χ3n) is 4.89. The Morgan fingerprint density at radius 1 is 1.13 bits per heavy atom. The number of nitriles is 1. The highest BCUT2D eigenvalue weighted by Gasteiger charge is 2.20. The largest absolute Gasteiger partial charge is 0.496 e. The van der Waals surface area contributed by atoms with Gasteiger partial charge < -0.3 is 10.1 Å². The summed E-state index contributed by atoms with van der Waals surface area (Å²) < 4.78 is 5.38. The molecule has 0 aliphatic heterocycles. The van der Waals surface area contributed by atoms with Gasteiger partial charge in [0.2, 0.25) is 0 Å². The van der Waals surface area contributed by atoms with Gasteiger partial charge in [-0.25, -0.2) is 0 Å². The van der Waals surface area contributed by atoms with E-state index in [0.29, 0.717) is 32.6 Å². The quantitative estimate of drug-likeness (QED) is 0.396. The molecule has 0 bridgehead atoms. The number of methoxy groups -OCH3 is 1. The fraction of sp³-hybridized carbons (Fsp3) is 0.167. The molecule has 31 heavy (non-hydrogen) atoms. The first-order valence-electron chi connectivity index (χ1n) is 9.36. The zero-order chi connectivity index (χ0) is 22.5. The Morgan fingerprint density at radius 3 is 2.45 bits per heavy atom. The SMILES string of the molecule is COc1cc(SC)ccc1C(=O)Nc1cc(Cl)c(C(C#N)c2ccc(Cl)cc2)cc1C. The lowest BCUT2D eigenvalue weighted by Crippen LogP contribution is -2.14. The number of nitrogens with one attached hydrogen (secondary N) is 1. The Labute approximate surface area is 196 Å². The van der Waals surface area contributed by atoms with E-state index in [1.807, 2.05) is 43.5 Å². The molecular formula is C24H20Cl2N2O2S. The highest BCUT2D eigenvalue weighted by Crippen LogP contribution is 2.35. The third-order valence-corrected chi connectivity index (χ3v) is 6.19. The smallest absolute Gasteiger partial charge is 0.259 e. The van der Waals surface area contributed by atoms with Crippen molar-refractivity contribution in [3.05, 3.63) is 86.9 Å². The lowest BCUT2D eigenvalue weighted by molar-refractivity contribution is 0.102. The summed E-state index contributed by atoms with van der Waals surface area (Å²) >= 11 is 14.1. The highest BCUT2D eigenvalue weighted by molar-refractivity contribution is 7.98. The van der Waals surface area contributed by atoms with Crippen molar-refractivity contribution in [2.24, 2.45) is 0 Å². The maximum absolute atomic E-state index is 12.9. The van der Waals surface area contributed by atoms with Crippen molar-refractivity contribution in [2.45, 2.75) is 17.7 Å². The van der Waals surface area contributed by atoms with Crippen LogP contribution in [0.25, 0.3) is 0 Å². The molecule has 0 heterocycles. The number of hydrogen-bond donors (Lipinski definition) is 1. The number of nitrogens with zero attached hydrogens (tertiary/aromatic N) is 1. The molecule has 1 unspecified atom stereocenters. The van der Waals surface area contributed by atoms with Gasteiger partial charge in [-0.2, -0.15) is 5.26 Å². The molecule has 158 valence electrons. The van der Waals surface area contributed by atoms with Crippen LogP contribution >= 0.6 is 35.0 Å². The summed E-state index contributed by atoms with van der Waals surface area (Å²) in [6.07, 6.45) is 1.96. The van der Waals surface area contributed by atoms with Gasteiger partial charge in [0.25, 0.3) is 5.91 Å². The molecule has 7 heteroatoms. The van der Waals surface area contributed by atoms with E-state index in [0.717, 1.165) is 16.0 Å². The summed E-state index contributed by atoms with van der Waals surface area (Å²) in [5, 5.41) is 13.6. The number of anilines is 1. The van der Waals surface area contributed by atoms with Crippen LogP contribution in [0.2, 0.25) is 10.0 Å². The molecule has 0 fully saturated rings. The second-order valence-electron chi connectivity index (χ2n) is 6.82. The van der Waals surface area contributed by atoms with Gasteiger partial charge in [0, 0.05) is 20.6 Å². The van der Waals surface area contributed by atoms with E-state index in [-0.39, 0.29) is 5.91 Å². The molecule has 1 atom stereocenters. The van der Waals surface area contributed by atoms with E-state index in [9.17, 15) is 10.1 Å². The molecule has 0 saturated heterocycles. The average Bonchev–Trinajstić information content (AvgIpc) is 2.78. The Hall–Kier alpha value is -2.65. The van der Waals surface area contributed by atoms with Crippen LogP contribution in [-0.4, -0.2) is 19.3 Å². The second kappa shape index (κ2) is 10.1. The van der Waals surface area contributed by atoms with E-state index in [2.05, 4.69) is 11.4 Å². The first-order chi connectivity index (χ1) is 14.9. The maximum atomic E-state index is 12.9. The molecule has 0 aromatic heterocycles. The highest BCUT2D eigenvalue weighted by atomic mass is 35.5. The van der Waals surface area contributed by atoms with Gasteiger partial charge >= 0.3 is 0 Å². The monoisotopic (exact) mass is 470 g/mol. The fourth-order valence-corrected chi connectivity index (χ4v) is 4.04. The van der Waals surface area contributed by atoms with Gasteiger partial charge in [0.15, 0.2) is 0 Å². The molecule has 3 aromatic rings. The van der Waals surface area contributed by atoms with Crippen molar-refractivity contribution in [3.63, 3.8) is 0 Å². The van der Waals surface area contributed by atoms with E-state index in [1.54, 1.807) is 36.0 Å². The Bertz CT molecular complexity index is 1160. The first-order valence-corrected chi connectivity index (χ1v) is 11.3. The van der Waals surface area contributed by atoms with E-state index in [4.69, 9.17) is 27.9 Å². The van der Waals surface area contributed by atoms with Crippen LogP contribution < -0.4 is 10.1 Å². The van der Waals surface area contributed by atoms with Crippen LogP contribution in [-0.2, 0) is 0 Å². The normalized spacial score (nSPS) is 11.5. The van der Waals surface area contributed by atoms with Crippen molar-refractivity contribution < 1.29 is 9.53 Å². The molecule has 0 spiro atoms. The third kappa shape index (κ3) is 5.16. The van der Waals surface area contributed by atoms with Crippen LogP contribution in [0.15, 0.2) is 59.5 Å². The lowest BCUT2D eigenvalue weighted by Gasteiger charge is -2.17. The van der Waals surface area contributed by atoms with Gasteiger partial charge in [0.1, 0.15) is 5.75 Å². The van der Waals surface area contributed by atoms with Crippen LogP contribution in [0.3, 0.4) is 0 Å². The molecule has 1 amide bonds. The van der Waals surface area contributed by atoms with Gasteiger partial charge in [-0.3, -0.25) is 4.79 Å². The fourth-order valence-electron chi connectivity index (χ4n) is 3.21. The van der Waals surface area contributed by atoms with Crippen LogP contribution in [0.4, 0.5) is 5.69 Å². The van der Waals surface area contributed by atoms with Crippen LogP contribution in [0, 0.1) is 18.3 Å². The topological polar surface area (TPSA) is 62.1 Å². The predicted molar refractivity (Wildman–Crippen MR) is 128 cm³/mol. The summed E-state index contributed by atoms with van der Waals surface area (Å²) in [5.74, 6) is -0.352.